The minimum Gasteiger partial charge on any atom is -0.460 e. The van der Waals surface area contributed by atoms with E-state index in [1.165, 1.54) is 22.3 Å². The minimum atomic E-state index is -0.419. The van der Waals surface area contributed by atoms with Crippen molar-refractivity contribution in [2.24, 2.45) is 0 Å². The molecule has 1 aliphatic carbocycles. The van der Waals surface area contributed by atoms with Crippen LogP contribution in [-0.4, -0.2) is 97.9 Å². The number of fused-ring (bicyclic) bond motifs is 3. The zero-order chi connectivity index (χ0) is 31.4. The van der Waals surface area contributed by atoms with Crippen molar-refractivity contribution < 1.29 is 42.7 Å². The summed E-state index contributed by atoms with van der Waals surface area (Å²) in [5.41, 5.74) is 5.32. The van der Waals surface area contributed by atoms with E-state index in [9.17, 15) is 9.59 Å². The lowest BCUT2D eigenvalue weighted by Crippen LogP contribution is -2.27. The number of amides is 1. The molecule has 0 aromatic heterocycles. The number of nitrogens with one attached hydrogen (secondary N) is 1. The van der Waals surface area contributed by atoms with Gasteiger partial charge in [-0.3, -0.25) is 0 Å². The quantitative estimate of drug-likeness (QED) is 0.124. The molecular weight excluding hydrogens is 578 g/mol. The first-order valence-electron chi connectivity index (χ1n) is 15.4. The Balaban J connectivity index is 0.873. The molecule has 3 aromatic rings. The molecule has 10 heteroatoms. The van der Waals surface area contributed by atoms with Crippen LogP contribution < -0.4 is 5.32 Å². The monoisotopic (exact) mass is 621 g/mol. The van der Waals surface area contributed by atoms with Crippen molar-refractivity contribution in [1.29, 1.82) is 0 Å². The summed E-state index contributed by atoms with van der Waals surface area (Å²) in [7, 11) is 0. The van der Waals surface area contributed by atoms with Gasteiger partial charge in [-0.05, 0) is 40.8 Å². The first kappa shape index (κ1) is 34.1. The highest BCUT2D eigenvalue weighted by Gasteiger charge is 2.28. The number of carbonyl (C=O) groups excluding carboxylic acids is 2. The van der Waals surface area contributed by atoms with Crippen LogP contribution in [-0.2, 0) is 33.2 Å². The van der Waals surface area contributed by atoms with Gasteiger partial charge in [0.2, 0.25) is 0 Å². The lowest BCUT2D eigenvalue weighted by Gasteiger charge is -2.14. The predicted molar refractivity (Wildman–Crippen MR) is 169 cm³/mol. The fourth-order valence-electron chi connectivity index (χ4n) is 4.85. The molecule has 0 saturated heterocycles. The normalized spacial score (nSPS) is 12.0. The molecule has 4 rings (SSSR count). The number of hydrogen-bond acceptors (Lipinski definition) is 9. The molecule has 0 radical (unpaired) electrons. The maximum absolute atomic E-state index is 12.2. The van der Waals surface area contributed by atoms with Crippen molar-refractivity contribution in [1.82, 2.24) is 5.32 Å². The van der Waals surface area contributed by atoms with E-state index in [1.54, 1.807) is 24.3 Å². The van der Waals surface area contributed by atoms with E-state index in [1.807, 2.05) is 30.3 Å². The molecule has 0 heterocycles. The molecule has 242 valence electrons. The number of hydrogen-bond donors (Lipinski definition) is 1. The first-order chi connectivity index (χ1) is 22.2. The van der Waals surface area contributed by atoms with E-state index in [0.29, 0.717) is 91.2 Å². The summed E-state index contributed by atoms with van der Waals surface area (Å²) in [5.74, 6) is -0.310. The summed E-state index contributed by atoms with van der Waals surface area (Å²) >= 11 is 0. The van der Waals surface area contributed by atoms with E-state index >= 15 is 0 Å². The maximum atomic E-state index is 12.2. The van der Waals surface area contributed by atoms with Gasteiger partial charge in [-0.25, -0.2) is 9.59 Å². The third-order valence-electron chi connectivity index (χ3n) is 7.04. The Hall–Kier alpha value is -3.80. The Morgan fingerprint density at radius 1 is 0.533 bits per heavy atom. The Kier molecular flexibility index (Phi) is 15.4. The Morgan fingerprint density at radius 3 is 1.56 bits per heavy atom. The van der Waals surface area contributed by atoms with Crippen molar-refractivity contribution in [3.05, 3.63) is 95.6 Å². The lowest BCUT2D eigenvalue weighted by atomic mass is 9.98. The molecule has 0 spiro atoms. The minimum absolute atomic E-state index is 0.0491. The number of esters is 1. The molecule has 1 N–H and O–H groups in total. The van der Waals surface area contributed by atoms with Gasteiger partial charge in [0.15, 0.2) is 0 Å². The summed E-state index contributed by atoms with van der Waals surface area (Å²) in [4.78, 5) is 24.0. The molecule has 0 aliphatic heterocycles. The zero-order valence-electron chi connectivity index (χ0n) is 25.7. The molecule has 0 atom stereocenters. The van der Waals surface area contributed by atoms with Gasteiger partial charge in [-0.1, -0.05) is 66.7 Å². The van der Waals surface area contributed by atoms with Crippen molar-refractivity contribution in [3.8, 4) is 11.1 Å². The average Bonchev–Trinajstić information content (AvgIpc) is 3.40. The zero-order valence-corrected chi connectivity index (χ0v) is 25.7. The van der Waals surface area contributed by atoms with Crippen molar-refractivity contribution >= 4 is 12.1 Å². The molecule has 0 fully saturated rings. The Bertz CT molecular complexity index is 1240. The van der Waals surface area contributed by atoms with Gasteiger partial charge in [-0.2, -0.15) is 0 Å². The third kappa shape index (κ3) is 11.9. The molecule has 0 bridgehead atoms. The number of alkyl carbamates (subject to hydrolysis) is 1. The third-order valence-corrected chi connectivity index (χ3v) is 7.04. The molecule has 45 heavy (non-hydrogen) atoms. The highest BCUT2D eigenvalue weighted by molar-refractivity contribution is 5.89. The topological polar surface area (TPSA) is 111 Å². The van der Waals surface area contributed by atoms with Crippen LogP contribution in [0.3, 0.4) is 0 Å². The number of rotatable bonds is 22. The highest BCUT2D eigenvalue weighted by atomic mass is 16.6. The van der Waals surface area contributed by atoms with Gasteiger partial charge in [0.1, 0.15) is 13.2 Å². The standard InChI is InChI=1S/C35H43NO9/c37-34(28-9-2-1-3-10-28)44-26-25-43-24-23-42-22-21-41-20-19-40-18-17-39-16-8-15-36-35(38)45-27-33-31-13-6-4-11-29(31)30-12-5-7-14-32(30)33/h1-7,9-14,33H,8,15-27H2,(H,36,38). The second-order valence-corrected chi connectivity index (χ2v) is 10.2. The van der Waals surface area contributed by atoms with Crippen LogP contribution in [0.2, 0.25) is 0 Å². The fraction of sp³-hybridized carbons (Fsp3) is 0.429. The maximum Gasteiger partial charge on any atom is 0.407 e. The number of benzene rings is 3. The van der Waals surface area contributed by atoms with E-state index in [-0.39, 0.29) is 18.5 Å². The summed E-state index contributed by atoms with van der Waals surface area (Å²) in [5, 5.41) is 2.80. The summed E-state index contributed by atoms with van der Waals surface area (Å²) in [6.07, 6.45) is 0.262. The second kappa shape index (κ2) is 20.3. The summed E-state index contributed by atoms with van der Waals surface area (Å²) in [6.45, 7) is 5.46. The largest absolute Gasteiger partial charge is 0.460 e. The Morgan fingerprint density at radius 2 is 1.00 bits per heavy atom. The van der Waals surface area contributed by atoms with Gasteiger partial charge < -0.3 is 38.5 Å². The fourth-order valence-corrected chi connectivity index (χ4v) is 4.85. The first-order valence-corrected chi connectivity index (χ1v) is 15.4. The molecular formula is C35H43NO9. The number of carbonyl (C=O) groups is 2. The van der Waals surface area contributed by atoms with Crippen LogP contribution in [0.15, 0.2) is 78.9 Å². The van der Waals surface area contributed by atoms with Crippen LogP contribution in [0.25, 0.3) is 11.1 Å². The van der Waals surface area contributed by atoms with Crippen LogP contribution in [0, 0.1) is 0 Å². The van der Waals surface area contributed by atoms with Gasteiger partial charge in [-0.15, -0.1) is 0 Å². The Labute approximate surface area is 264 Å². The molecule has 10 nitrogen and oxygen atoms in total. The van der Waals surface area contributed by atoms with Crippen LogP contribution in [0.4, 0.5) is 4.79 Å². The molecule has 1 amide bonds. The van der Waals surface area contributed by atoms with Crippen LogP contribution >= 0.6 is 0 Å². The summed E-state index contributed by atoms with van der Waals surface area (Å²) in [6, 6.07) is 25.4. The van der Waals surface area contributed by atoms with Gasteiger partial charge >= 0.3 is 12.1 Å². The van der Waals surface area contributed by atoms with Crippen molar-refractivity contribution in [2.45, 2.75) is 12.3 Å². The van der Waals surface area contributed by atoms with Gasteiger partial charge in [0, 0.05) is 19.1 Å². The lowest BCUT2D eigenvalue weighted by molar-refractivity contribution is -0.0152. The average molecular weight is 622 g/mol. The van der Waals surface area contributed by atoms with Crippen molar-refractivity contribution in [2.75, 3.05) is 85.8 Å². The highest BCUT2D eigenvalue weighted by Crippen LogP contribution is 2.44. The number of ether oxygens (including phenoxy) is 7. The smallest absolute Gasteiger partial charge is 0.407 e. The van der Waals surface area contributed by atoms with Gasteiger partial charge in [0.25, 0.3) is 0 Å². The predicted octanol–water partition coefficient (Wildman–Crippen LogP) is 4.86. The SMILES string of the molecule is O=C(NCCCOCCOCCOCCOCCOCCOC(=O)c1ccccc1)OCC1c2ccccc2-c2ccccc21. The van der Waals surface area contributed by atoms with E-state index in [4.69, 9.17) is 33.2 Å². The van der Waals surface area contributed by atoms with E-state index in [2.05, 4.69) is 29.6 Å². The molecule has 0 unspecified atom stereocenters. The molecule has 1 aliphatic rings. The molecule has 3 aromatic carbocycles. The van der Waals surface area contributed by atoms with Crippen LogP contribution in [0.5, 0.6) is 0 Å². The second-order valence-electron chi connectivity index (χ2n) is 10.2. The molecule has 0 saturated carbocycles. The van der Waals surface area contributed by atoms with E-state index < -0.39 is 6.09 Å². The van der Waals surface area contributed by atoms with E-state index in [0.717, 1.165) is 0 Å². The van der Waals surface area contributed by atoms with Crippen LogP contribution in [0.1, 0.15) is 33.8 Å². The summed E-state index contributed by atoms with van der Waals surface area (Å²) < 4.78 is 38.1. The van der Waals surface area contributed by atoms with Crippen molar-refractivity contribution in [3.63, 3.8) is 0 Å². The van der Waals surface area contributed by atoms with Gasteiger partial charge in [0.05, 0.1) is 65.0 Å².